The highest BCUT2D eigenvalue weighted by molar-refractivity contribution is 5.71. The molecule has 0 spiro atoms. The number of phenolic OH excluding ortho intramolecular Hbond substituents is 1. The molecule has 0 amide bonds. The molecular formula is C18H27NO4. The molecular weight excluding hydrogens is 294 g/mol. The SMILES string of the molecule is CC(O)C(=O)O.CN1CCC2(C)CC(Cc3ccc(O)cc32)C1. The van der Waals surface area contributed by atoms with Gasteiger partial charge in [0.15, 0.2) is 0 Å². The number of aromatic hydroxyl groups is 1. The lowest BCUT2D eigenvalue weighted by molar-refractivity contribution is -0.145. The van der Waals surface area contributed by atoms with Gasteiger partial charge in [0.25, 0.3) is 0 Å². The molecule has 1 aliphatic heterocycles. The minimum atomic E-state index is -1.23. The van der Waals surface area contributed by atoms with Crippen LogP contribution in [0.4, 0.5) is 0 Å². The highest BCUT2D eigenvalue weighted by Crippen LogP contribution is 2.45. The van der Waals surface area contributed by atoms with E-state index in [0.29, 0.717) is 5.75 Å². The average molecular weight is 321 g/mol. The molecule has 1 fully saturated rings. The summed E-state index contributed by atoms with van der Waals surface area (Å²) in [6.07, 6.45) is 2.42. The van der Waals surface area contributed by atoms with Crippen molar-refractivity contribution in [2.75, 3.05) is 20.1 Å². The van der Waals surface area contributed by atoms with Crippen molar-refractivity contribution in [3.05, 3.63) is 29.3 Å². The van der Waals surface area contributed by atoms with E-state index < -0.39 is 12.1 Å². The fourth-order valence-electron chi connectivity index (χ4n) is 3.77. The summed E-state index contributed by atoms with van der Waals surface area (Å²) in [5, 5.41) is 25.5. The number of nitrogens with zero attached hydrogens (tertiary/aromatic N) is 1. The van der Waals surface area contributed by atoms with Gasteiger partial charge in [-0.25, -0.2) is 4.79 Å². The van der Waals surface area contributed by atoms with Gasteiger partial charge >= 0.3 is 5.97 Å². The minimum Gasteiger partial charge on any atom is -0.508 e. The van der Waals surface area contributed by atoms with Gasteiger partial charge in [-0.15, -0.1) is 0 Å². The first-order chi connectivity index (χ1) is 10.7. The number of carbonyl (C=O) groups is 1. The van der Waals surface area contributed by atoms with E-state index >= 15 is 0 Å². The van der Waals surface area contributed by atoms with Gasteiger partial charge in [-0.05, 0) is 74.4 Å². The highest BCUT2D eigenvalue weighted by atomic mass is 16.4. The van der Waals surface area contributed by atoms with E-state index in [-0.39, 0.29) is 5.41 Å². The van der Waals surface area contributed by atoms with Gasteiger partial charge in [-0.3, -0.25) is 0 Å². The normalized spacial score (nSPS) is 27.9. The maximum atomic E-state index is 9.71. The Hall–Kier alpha value is -1.59. The highest BCUT2D eigenvalue weighted by Gasteiger charge is 2.39. The van der Waals surface area contributed by atoms with Crippen LogP contribution in [0.1, 0.15) is 37.8 Å². The van der Waals surface area contributed by atoms with E-state index in [0.717, 1.165) is 5.92 Å². The molecule has 128 valence electrons. The largest absolute Gasteiger partial charge is 0.508 e. The third kappa shape index (κ3) is 4.24. The van der Waals surface area contributed by atoms with Crippen LogP contribution >= 0.6 is 0 Å². The van der Waals surface area contributed by atoms with E-state index in [9.17, 15) is 9.90 Å². The quantitative estimate of drug-likeness (QED) is 0.737. The van der Waals surface area contributed by atoms with Crippen LogP contribution in [0.25, 0.3) is 0 Å². The van der Waals surface area contributed by atoms with Crippen LogP contribution in [0.5, 0.6) is 5.75 Å². The predicted octanol–water partition coefficient (Wildman–Crippen LogP) is 2.00. The van der Waals surface area contributed by atoms with Crippen molar-refractivity contribution in [2.45, 2.75) is 44.6 Å². The number of hydrogen-bond donors (Lipinski definition) is 3. The van der Waals surface area contributed by atoms with E-state index in [1.165, 1.54) is 50.4 Å². The Morgan fingerprint density at radius 1 is 1.43 bits per heavy atom. The third-order valence-electron chi connectivity index (χ3n) is 4.96. The van der Waals surface area contributed by atoms with Crippen molar-refractivity contribution in [2.24, 2.45) is 5.92 Å². The Morgan fingerprint density at radius 2 is 2.09 bits per heavy atom. The number of carboxylic acids is 1. The monoisotopic (exact) mass is 321 g/mol. The standard InChI is InChI=1S/C15H21NO.C3H6O3/c1-15-5-6-16(2)10-11(9-15)7-12-3-4-13(17)8-14(12)15;1-2(4)3(5)6/h3-4,8,11,17H,5-7,9-10H2,1-2H3;2,4H,1H3,(H,5,6). The first-order valence-corrected chi connectivity index (χ1v) is 8.13. The molecule has 0 aromatic heterocycles. The van der Waals surface area contributed by atoms with E-state index in [1.54, 1.807) is 0 Å². The second-order valence-corrected chi connectivity index (χ2v) is 7.20. The lowest BCUT2D eigenvalue weighted by Crippen LogP contribution is -2.32. The lowest BCUT2D eigenvalue weighted by atomic mass is 9.66. The van der Waals surface area contributed by atoms with Gasteiger partial charge in [-0.2, -0.15) is 0 Å². The van der Waals surface area contributed by atoms with Gasteiger partial charge in [-0.1, -0.05) is 13.0 Å². The fraction of sp³-hybridized carbons (Fsp3) is 0.611. The molecule has 3 unspecified atom stereocenters. The number of aliphatic hydroxyl groups is 1. The van der Waals surface area contributed by atoms with Crippen molar-refractivity contribution < 1.29 is 20.1 Å². The van der Waals surface area contributed by atoms with Gasteiger partial charge < -0.3 is 20.2 Å². The molecule has 5 nitrogen and oxygen atoms in total. The molecule has 3 N–H and O–H groups in total. The Bertz CT molecular complexity index is 572. The minimum absolute atomic E-state index is 0.266. The molecule has 2 aliphatic rings. The molecule has 23 heavy (non-hydrogen) atoms. The van der Waals surface area contributed by atoms with Crippen LogP contribution in [-0.4, -0.2) is 52.4 Å². The number of fused-ring (bicyclic) bond motifs is 4. The Labute approximate surface area is 137 Å². The average Bonchev–Trinajstić information content (AvgIpc) is 2.58. The van der Waals surface area contributed by atoms with Crippen LogP contribution in [0.15, 0.2) is 18.2 Å². The number of aliphatic carboxylic acids is 1. The number of aliphatic hydroxyl groups excluding tert-OH is 1. The maximum Gasteiger partial charge on any atom is 0.332 e. The Balaban J connectivity index is 0.000000277. The molecule has 2 bridgehead atoms. The molecule has 3 atom stereocenters. The van der Waals surface area contributed by atoms with Crippen LogP contribution in [-0.2, 0) is 16.6 Å². The third-order valence-corrected chi connectivity index (χ3v) is 4.96. The van der Waals surface area contributed by atoms with Gasteiger partial charge in [0.2, 0.25) is 0 Å². The lowest BCUT2D eigenvalue weighted by Gasteiger charge is -2.38. The molecule has 1 aliphatic carbocycles. The molecule has 1 aromatic rings. The van der Waals surface area contributed by atoms with E-state index in [4.69, 9.17) is 10.2 Å². The van der Waals surface area contributed by atoms with Crippen LogP contribution in [0, 0.1) is 5.92 Å². The van der Waals surface area contributed by atoms with Gasteiger partial charge in [0, 0.05) is 6.54 Å². The van der Waals surface area contributed by atoms with Gasteiger partial charge in [0.05, 0.1) is 0 Å². The number of carboxylic acid groups (broad SMARTS) is 1. The summed E-state index contributed by atoms with van der Waals surface area (Å²) in [5.41, 5.74) is 3.11. The molecule has 1 aromatic carbocycles. The zero-order valence-corrected chi connectivity index (χ0v) is 14.1. The Kier molecular flexibility index (Phi) is 5.32. The predicted molar refractivity (Wildman–Crippen MR) is 88.7 cm³/mol. The summed E-state index contributed by atoms with van der Waals surface area (Å²) in [5.74, 6) is 0.0144. The van der Waals surface area contributed by atoms with Gasteiger partial charge in [0.1, 0.15) is 11.9 Å². The summed E-state index contributed by atoms with van der Waals surface area (Å²) in [6.45, 7) is 5.96. The summed E-state index contributed by atoms with van der Waals surface area (Å²) >= 11 is 0. The summed E-state index contributed by atoms with van der Waals surface area (Å²) in [6, 6.07) is 5.96. The van der Waals surface area contributed by atoms with Crippen molar-refractivity contribution in [3.63, 3.8) is 0 Å². The number of rotatable bonds is 1. The summed E-state index contributed by atoms with van der Waals surface area (Å²) in [7, 11) is 2.23. The first-order valence-electron chi connectivity index (χ1n) is 8.13. The number of benzene rings is 1. The van der Waals surface area contributed by atoms with Crippen molar-refractivity contribution in [1.29, 1.82) is 0 Å². The molecule has 1 saturated heterocycles. The van der Waals surface area contributed by atoms with Crippen LogP contribution in [0.3, 0.4) is 0 Å². The molecule has 3 rings (SSSR count). The smallest absolute Gasteiger partial charge is 0.332 e. The van der Waals surface area contributed by atoms with Crippen molar-refractivity contribution in [3.8, 4) is 5.75 Å². The molecule has 0 saturated carbocycles. The van der Waals surface area contributed by atoms with Crippen molar-refractivity contribution >= 4 is 5.97 Å². The topological polar surface area (TPSA) is 81.0 Å². The number of phenols is 1. The maximum absolute atomic E-state index is 9.71. The molecule has 1 heterocycles. The molecule has 0 radical (unpaired) electrons. The second-order valence-electron chi connectivity index (χ2n) is 7.20. The van der Waals surface area contributed by atoms with Crippen LogP contribution < -0.4 is 0 Å². The van der Waals surface area contributed by atoms with E-state index in [2.05, 4.69) is 24.9 Å². The zero-order valence-electron chi connectivity index (χ0n) is 14.1. The Morgan fingerprint density at radius 3 is 2.70 bits per heavy atom. The van der Waals surface area contributed by atoms with E-state index in [1.807, 2.05) is 12.1 Å². The summed E-state index contributed by atoms with van der Waals surface area (Å²) in [4.78, 5) is 11.9. The summed E-state index contributed by atoms with van der Waals surface area (Å²) < 4.78 is 0. The second kappa shape index (κ2) is 6.89. The molecule has 5 heteroatoms. The number of hydrogen-bond acceptors (Lipinski definition) is 4. The first kappa shape index (κ1) is 17.8. The fourth-order valence-corrected chi connectivity index (χ4v) is 3.77. The van der Waals surface area contributed by atoms with Crippen LogP contribution in [0.2, 0.25) is 0 Å². The number of likely N-dealkylation sites (tertiary alicyclic amines) is 1. The zero-order chi connectivity index (χ0) is 17.2. The van der Waals surface area contributed by atoms with Crippen molar-refractivity contribution in [1.82, 2.24) is 4.90 Å².